The topological polar surface area (TPSA) is 76.5 Å². The van der Waals surface area contributed by atoms with Gasteiger partial charge in [-0.3, -0.25) is 9.89 Å². The Labute approximate surface area is 164 Å². The van der Waals surface area contributed by atoms with Crippen molar-refractivity contribution in [3.63, 3.8) is 0 Å². The summed E-state index contributed by atoms with van der Waals surface area (Å²) in [7, 11) is 2.86. The zero-order valence-corrected chi connectivity index (χ0v) is 16.1. The number of nitrogens with one attached hydrogen (secondary N) is 1. The molecular formula is C19H16Cl2N2O4. The van der Waals surface area contributed by atoms with Crippen LogP contribution in [0.2, 0.25) is 10.0 Å². The number of halogens is 2. The fraction of sp³-hybridized carbons (Fsp3) is 0.105. The third-order valence-corrected chi connectivity index (χ3v) is 4.72. The number of phenols is 1. The molecule has 8 heteroatoms. The third kappa shape index (κ3) is 3.54. The minimum absolute atomic E-state index is 0.116. The smallest absolute Gasteiger partial charge is 0.279 e. The second-order valence-corrected chi connectivity index (χ2v) is 6.48. The van der Waals surface area contributed by atoms with E-state index in [2.05, 4.69) is 11.7 Å². The van der Waals surface area contributed by atoms with Crippen molar-refractivity contribution in [1.82, 2.24) is 9.78 Å². The first kappa shape index (κ1) is 18.9. The van der Waals surface area contributed by atoms with E-state index in [1.807, 2.05) is 0 Å². The molecule has 140 valence electrons. The summed E-state index contributed by atoms with van der Waals surface area (Å²) in [5.74, 6) is 0.340. The molecule has 6 nitrogen and oxygen atoms in total. The van der Waals surface area contributed by atoms with Crippen molar-refractivity contribution >= 4 is 35.9 Å². The van der Waals surface area contributed by atoms with Crippen LogP contribution in [0.15, 0.2) is 35.1 Å². The number of aromatic hydroxyl groups is 1. The summed E-state index contributed by atoms with van der Waals surface area (Å²) in [5, 5.41) is 14.4. The van der Waals surface area contributed by atoms with Crippen LogP contribution in [0.1, 0.15) is 5.56 Å². The number of ether oxygens (including phenoxy) is 2. The lowest BCUT2D eigenvalue weighted by Gasteiger charge is -2.09. The highest BCUT2D eigenvalue weighted by molar-refractivity contribution is 6.42. The maximum absolute atomic E-state index is 12.8. The van der Waals surface area contributed by atoms with Gasteiger partial charge >= 0.3 is 0 Å². The Bertz CT molecular complexity index is 1160. The predicted octanol–water partition coefficient (Wildman–Crippen LogP) is 2.43. The number of benzene rings is 2. The van der Waals surface area contributed by atoms with E-state index in [0.717, 1.165) is 0 Å². The second kappa shape index (κ2) is 7.42. The third-order valence-electron chi connectivity index (χ3n) is 3.98. The Hall–Kier alpha value is -2.83. The van der Waals surface area contributed by atoms with E-state index in [-0.39, 0.29) is 22.8 Å². The molecule has 0 fully saturated rings. The van der Waals surface area contributed by atoms with Crippen molar-refractivity contribution in [2.45, 2.75) is 0 Å². The van der Waals surface area contributed by atoms with Crippen LogP contribution in [-0.4, -0.2) is 29.1 Å². The summed E-state index contributed by atoms with van der Waals surface area (Å²) in [5.41, 5.74) is 0.813. The molecule has 1 aromatic heterocycles. The summed E-state index contributed by atoms with van der Waals surface area (Å²) >= 11 is 12.0. The predicted molar refractivity (Wildman–Crippen MR) is 106 cm³/mol. The van der Waals surface area contributed by atoms with Crippen LogP contribution in [0.3, 0.4) is 0 Å². The van der Waals surface area contributed by atoms with Crippen molar-refractivity contribution in [2.24, 2.45) is 0 Å². The van der Waals surface area contributed by atoms with Gasteiger partial charge in [0.15, 0.2) is 11.5 Å². The Morgan fingerprint density at radius 1 is 1.11 bits per heavy atom. The number of hydrogen-bond donors (Lipinski definition) is 2. The van der Waals surface area contributed by atoms with Crippen LogP contribution in [0, 0.1) is 0 Å². The van der Waals surface area contributed by atoms with Crippen molar-refractivity contribution in [2.75, 3.05) is 14.2 Å². The van der Waals surface area contributed by atoms with Gasteiger partial charge in [0.1, 0.15) is 0 Å². The van der Waals surface area contributed by atoms with Crippen LogP contribution < -0.4 is 25.6 Å². The number of nitrogens with zero attached hydrogens (tertiary/aromatic N) is 1. The summed E-state index contributed by atoms with van der Waals surface area (Å²) in [6.45, 7) is 3.89. The molecule has 2 aromatic carbocycles. The van der Waals surface area contributed by atoms with E-state index < -0.39 is 0 Å². The van der Waals surface area contributed by atoms with Gasteiger partial charge in [-0.25, -0.2) is 4.68 Å². The molecular weight excluding hydrogens is 391 g/mol. The van der Waals surface area contributed by atoms with Gasteiger partial charge in [-0.15, -0.1) is 0 Å². The van der Waals surface area contributed by atoms with Gasteiger partial charge in [-0.1, -0.05) is 29.8 Å². The molecule has 0 amide bonds. The maximum atomic E-state index is 12.8. The van der Waals surface area contributed by atoms with Gasteiger partial charge in [0.25, 0.3) is 5.56 Å². The average molecular weight is 407 g/mol. The molecule has 1 heterocycles. The molecule has 0 radical (unpaired) electrons. The molecule has 27 heavy (non-hydrogen) atoms. The number of H-pyrrole nitrogens is 1. The Morgan fingerprint density at radius 3 is 2.30 bits per heavy atom. The molecule has 0 aliphatic heterocycles. The first-order valence-electron chi connectivity index (χ1n) is 7.77. The molecule has 3 rings (SSSR count). The maximum Gasteiger partial charge on any atom is 0.279 e. The minimum Gasteiger partial charge on any atom is -0.502 e. The van der Waals surface area contributed by atoms with Gasteiger partial charge < -0.3 is 14.6 Å². The van der Waals surface area contributed by atoms with Gasteiger partial charge in [0.2, 0.25) is 5.75 Å². The fourth-order valence-electron chi connectivity index (χ4n) is 2.61. The normalized spacial score (nSPS) is 11.6. The number of rotatable bonds is 4. The number of aromatic nitrogens is 2. The van der Waals surface area contributed by atoms with Crippen LogP contribution in [0.4, 0.5) is 0 Å². The molecule has 0 atom stereocenters. The van der Waals surface area contributed by atoms with E-state index in [4.69, 9.17) is 32.7 Å². The lowest BCUT2D eigenvalue weighted by molar-refractivity contribution is 0.340. The Morgan fingerprint density at radius 2 is 1.74 bits per heavy atom. The average Bonchev–Trinajstić information content (AvgIpc) is 2.93. The molecule has 0 saturated carbocycles. The summed E-state index contributed by atoms with van der Waals surface area (Å²) < 4.78 is 11.6. The molecule has 2 N–H and O–H groups in total. The molecule has 0 aliphatic rings. The molecule has 0 aliphatic carbocycles. The van der Waals surface area contributed by atoms with Crippen LogP contribution in [0.5, 0.6) is 17.2 Å². The zero-order valence-electron chi connectivity index (χ0n) is 14.5. The molecule has 0 unspecified atom stereocenters. The highest BCUT2D eigenvalue weighted by Gasteiger charge is 2.11. The largest absolute Gasteiger partial charge is 0.502 e. The number of methoxy groups -OCH3 is 2. The number of hydrogen-bond acceptors (Lipinski definition) is 4. The highest BCUT2D eigenvalue weighted by atomic mass is 35.5. The second-order valence-electron chi connectivity index (χ2n) is 5.66. The first-order chi connectivity index (χ1) is 12.8. The van der Waals surface area contributed by atoms with Crippen LogP contribution in [-0.2, 0) is 0 Å². The Balaban J connectivity index is 2.19. The minimum atomic E-state index is -0.315. The molecule has 0 bridgehead atoms. The van der Waals surface area contributed by atoms with E-state index in [9.17, 15) is 9.90 Å². The summed E-state index contributed by atoms with van der Waals surface area (Å²) in [4.78, 5) is 12.8. The van der Waals surface area contributed by atoms with E-state index in [1.54, 1.807) is 36.4 Å². The van der Waals surface area contributed by atoms with Gasteiger partial charge in [-0.05, 0) is 42.0 Å². The van der Waals surface area contributed by atoms with Crippen molar-refractivity contribution in [3.8, 4) is 22.9 Å². The van der Waals surface area contributed by atoms with E-state index in [0.29, 0.717) is 31.9 Å². The molecule has 0 saturated heterocycles. The zero-order chi connectivity index (χ0) is 19.7. The van der Waals surface area contributed by atoms with E-state index >= 15 is 0 Å². The number of aromatic amines is 1. The van der Waals surface area contributed by atoms with Crippen LogP contribution in [0.25, 0.3) is 18.3 Å². The summed E-state index contributed by atoms with van der Waals surface area (Å²) in [6, 6.07) is 8.04. The van der Waals surface area contributed by atoms with Gasteiger partial charge in [-0.2, -0.15) is 0 Å². The van der Waals surface area contributed by atoms with Gasteiger partial charge in [0.05, 0.1) is 40.5 Å². The summed E-state index contributed by atoms with van der Waals surface area (Å²) in [6.07, 6.45) is 1.62. The monoisotopic (exact) mass is 406 g/mol. The Kier molecular flexibility index (Phi) is 5.21. The van der Waals surface area contributed by atoms with Gasteiger partial charge in [0, 0.05) is 0 Å². The molecule has 0 spiro atoms. The van der Waals surface area contributed by atoms with Crippen molar-refractivity contribution < 1.29 is 14.6 Å². The first-order valence-corrected chi connectivity index (χ1v) is 8.53. The lowest BCUT2D eigenvalue weighted by Crippen LogP contribution is -2.33. The van der Waals surface area contributed by atoms with E-state index in [1.165, 1.54) is 18.9 Å². The van der Waals surface area contributed by atoms with Crippen molar-refractivity contribution in [1.29, 1.82) is 0 Å². The fourth-order valence-corrected chi connectivity index (χ4v) is 2.91. The number of phenolic OH excluding ortho intramolecular Hbond substituents is 1. The van der Waals surface area contributed by atoms with Crippen molar-refractivity contribution in [3.05, 3.63) is 66.9 Å². The quantitative estimate of drug-likeness (QED) is 0.697. The highest BCUT2D eigenvalue weighted by Crippen LogP contribution is 2.37. The van der Waals surface area contributed by atoms with Crippen LogP contribution >= 0.6 is 23.2 Å². The standard InChI is InChI=1S/C19H16Cl2N2O4/c1-10-13(6-11-7-16(26-2)18(24)17(8-11)27-3)19(25)23(22-10)12-4-5-14(20)15(21)9-12/h4-9,22,24H,1H2,2-3H3. The lowest BCUT2D eigenvalue weighted by atomic mass is 10.1. The SMILES string of the molecule is C=c1[nH]n(-c2ccc(Cl)c(Cl)c2)c(=O)c1=Cc1cc(OC)c(O)c(OC)c1. The molecule has 3 aromatic rings.